The molecule has 4 nitrogen and oxygen atoms in total. The molecule has 0 atom stereocenters. The van der Waals surface area contributed by atoms with Crippen LogP contribution in [0.15, 0.2) is 48.5 Å². The summed E-state index contributed by atoms with van der Waals surface area (Å²) in [5.74, 6) is 0.598. The van der Waals surface area contributed by atoms with Crippen LogP contribution in [-0.4, -0.2) is 9.97 Å². The van der Waals surface area contributed by atoms with Gasteiger partial charge >= 0.3 is 0 Å². The van der Waals surface area contributed by atoms with Gasteiger partial charge in [0.05, 0.1) is 11.2 Å². The highest BCUT2D eigenvalue weighted by Gasteiger charge is 2.04. The monoisotopic (exact) mass is 250 g/mol. The summed E-state index contributed by atoms with van der Waals surface area (Å²) >= 11 is 0. The lowest BCUT2D eigenvalue weighted by Crippen LogP contribution is -1.99. The van der Waals surface area contributed by atoms with Gasteiger partial charge in [-0.15, -0.1) is 0 Å². The van der Waals surface area contributed by atoms with Gasteiger partial charge < -0.3 is 11.1 Å². The maximum Gasteiger partial charge on any atom is 0.228 e. The smallest absolute Gasteiger partial charge is 0.228 e. The van der Waals surface area contributed by atoms with Gasteiger partial charge in [-0.1, -0.05) is 18.2 Å². The van der Waals surface area contributed by atoms with E-state index in [1.54, 1.807) is 0 Å². The summed E-state index contributed by atoms with van der Waals surface area (Å²) in [6.45, 7) is 1.98. The van der Waals surface area contributed by atoms with E-state index in [1.807, 2.05) is 55.5 Å². The number of nitrogen functional groups attached to an aromatic ring is 1. The summed E-state index contributed by atoms with van der Waals surface area (Å²) in [4.78, 5) is 8.97. The van der Waals surface area contributed by atoms with E-state index in [9.17, 15) is 0 Å². The average molecular weight is 250 g/mol. The second-order valence-electron chi connectivity index (χ2n) is 4.40. The van der Waals surface area contributed by atoms with Gasteiger partial charge in [-0.05, 0) is 37.3 Å². The molecule has 1 aromatic heterocycles. The first-order valence-electron chi connectivity index (χ1n) is 6.08. The molecule has 0 bridgehead atoms. The molecule has 2 aromatic carbocycles. The maximum atomic E-state index is 5.66. The zero-order valence-corrected chi connectivity index (χ0v) is 10.6. The van der Waals surface area contributed by atoms with Crippen LogP contribution < -0.4 is 11.1 Å². The Labute approximate surface area is 111 Å². The molecule has 3 aromatic rings. The highest BCUT2D eigenvalue weighted by atomic mass is 15.1. The fourth-order valence-corrected chi connectivity index (χ4v) is 1.99. The Morgan fingerprint density at radius 1 is 0.947 bits per heavy atom. The van der Waals surface area contributed by atoms with Crippen LogP contribution in [0.2, 0.25) is 0 Å². The third kappa shape index (κ3) is 2.33. The number of nitrogens with zero attached hydrogens (tertiary/aromatic N) is 2. The van der Waals surface area contributed by atoms with Gasteiger partial charge in [0.15, 0.2) is 0 Å². The number of fused-ring (bicyclic) bond motifs is 1. The molecule has 0 saturated carbocycles. The lowest BCUT2D eigenvalue weighted by atomic mass is 10.2. The molecule has 0 spiro atoms. The van der Waals surface area contributed by atoms with E-state index in [1.165, 1.54) is 0 Å². The van der Waals surface area contributed by atoms with Crippen molar-refractivity contribution in [3.8, 4) is 0 Å². The number of hydrogen-bond donors (Lipinski definition) is 2. The molecule has 0 unspecified atom stereocenters. The average Bonchev–Trinajstić information content (AvgIpc) is 2.42. The van der Waals surface area contributed by atoms with Gasteiger partial charge in [-0.25, -0.2) is 9.97 Å². The molecule has 4 heteroatoms. The van der Waals surface area contributed by atoms with Crippen molar-refractivity contribution in [2.45, 2.75) is 6.92 Å². The van der Waals surface area contributed by atoms with Crippen LogP contribution in [0, 0.1) is 6.92 Å². The number of benzene rings is 2. The van der Waals surface area contributed by atoms with E-state index in [0.717, 1.165) is 28.0 Å². The van der Waals surface area contributed by atoms with Crippen LogP contribution in [0.1, 0.15) is 5.69 Å². The third-order valence-corrected chi connectivity index (χ3v) is 2.96. The van der Waals surface area contributed by atoms with E-state index < -0.39 is 0 Å². The van der Waals surface area contributed by atoms with Crippen LogP contribution in [0.4, 0.5) is 17.3 Å². The van der Waals surface area contributed by atoms with Crippen molar-refractivity contribution in [1.29, 1.82) is 0 Å². The lowest BCUT2D eigenvalue weighted by molar-refractivity contribution is 1.15. The summed E-state index contributed by atoms with van der Waals surface area (Å²) in [5, 5.41) is 4.26. The zero-order valence-electron chi connectivity index (χ0n) is 10.6. The molecule has 0 fully saturated rings. The molecule has 1 heterocycles. The molecule has 19 heavy (non-hydrogen) atoms. The molecule has 0 aliphatic heterocycles. The molecule has 0 radical (unpaired) electrons. The number of hydrogen-bond acceptors (Lipinski definition) is 4. The molecular weight excluding hydrogens is 236 g/mol. The summed E-state index contributed by atoms with van der Waals surface area (Å²) in [6, 6.07) is 15.5. The lowest BCUT2D eigenvalue weighted by Gasteiger charge is -2.08. The Balaban J connectivity index is 1.99. The minimum Gasteiger partial charge on any atom is -0.399 e. The molecule has 94 valence electrons. The van der Waals surface area contributed by atoms with Crippen LogP contribution in [0.3, 0.4) is 0 Å². The first-order valence-corrected chi connectivity index (χ1v) is 6.08. The first-order chi connectivity index (χ1) is 9.22. The fraction of sp³-hybridized carbons (Fsp3) is 0.0667. The largest absolute Gasteiger partial charge is 0.399 e. The fourth-order valence-electron chi connectivity index (χ4n) is 1.99. The van der Waals surface area contributed by atoms with Crippen molar-refractivity contribution in [2.75, 3.05) is 11.1 Å². The van der Waals surface area contributed by atoms with E-state index in [2.05, 4.69) is 15.3 Å². The highest BCUT2D eigenvalue weighted by Crippen LogP contribution is 2.19. The highest BCUT2D eigenvalue weighted by molar-refractivity contribution is 5.82. The van der Waals surface area contributed by atoms with Crippen LogP contribution >= 0.6 is 0 Å². The van der Waals surface area contributed by atoms with E-state index in [4.69, 9.17) is 5.73 Å². The molecule has 0 aliphatic carbocycles. The number of aryl methyl sites for hydroxylation is 1. The summed E-state index contributed by atoms with van der Waals surface area (Å²) in [5.41, 5.74) is 9.22. The minimum atomic E-state index is 0.598. The van der Waals surface area contributed by atoms with Gasteiger partial charge in [-0.3, -0.25) is 0 Å². The van der Waals surface area contributed by atoms with Gasteiger partial charge in [-0.2, -0.15) is 0 Å². The van der Waals surface area contributed by atoms with E-state index >= 15 is 0 Å². The standard InChI is InChI=1S/C15H14N4/c1-10-13-4-2-3-5-14(13)19-15(17-10)18-12-8-6-11(16)7-9-12/h2-9H,16H2,1H3,(H,17,18,19). The SMILES string of the molecule is Cc1nc(Nc2ccc(N)cc2)nc2ccccc12. The molecule has 0 aliphatic rings. The summed E-state index contributed by atoms with van der Waals surface area (Å²) in [7, 11) is 0. The Kier molecular flexibility index (Phi) is 2.76. The number of nitrogens with one attached hydrogen (secondary N) is 1. The maximum absolute atomic E-state index is 5.66. The van der Waals surface area contributed by atoms with Crippen molar-refractivity contribution in [1.82, 2.24) is 9.97 Å². The molecule has 3 N–H and O–H groups in total. The molecule has 3 rings (SSSR count). The second-order valence-corrected chi connectivity index (χ2v) is 4.40. The number of nitrogens with two attached hydrogens (primary N) is 1. The number of para-hydroxylation sites is 1. The van der Waals surface area contributed by atoms with Crippen molar-refractivity contribution < 1.29 is 0 Å². The van der Waals surface area contributed by atoms with Crippen molar-refractivity contribution >= 4 is 28.2 Å². The van der Waals surface area contributed by atoms with Gasteiger partial charge in [0.25, 0.3) is 0 Å². The predicted molar refractivity (Wildman–Crippen MR) is 78.4 cm³/mol. The number of rotatable bonds is 2. The first kappa shape index (κ1) is 11.5. The van der Waals surface area contributed by atoms with Crippen molar-refractivity contribution in [2.24, 2.45) is 0 Å². The van der Waals surface area contributed by atoms with Crippen LogP contribution in [0.25, 0.3) is 10.9 Å². The summed E-state index contributed by atoms with van der Waals surface area (Å²) < 4.78 is 0. The van der Waals surface area contributed by atoms with E-state index in [-0.39, 0.29) is 0 Å². The van der Waals surface area contributed by atoms with Crippen molar-refractivity contribution in [3.63, 3.8) is 0 Å². The van der Waals surface area contributed by atoms with Crippen LogP contribution in [0.5, 0.6) is 0 Å². The van der Waals surface area contributed by atoms with E-state index in [0.29, 0.717) is 5.95 Å². The van der Waals surface area contributed by atoms with Crippen molar-refractivity contribution in [3.05, 3.63) is 54.2 Å². The minimum absolute atomic E-state index is 0.598. The Morgan fingerprint density at radius 2 is 1.68 bits per heavy atom. The van der Waals surface area contributed by atoms with Gasteiger partial charge in [0.2, 0.25) is 5.95 Å². The predicted octanol–water partition coefficient (Wildman–Crippen LogP) is 3.26. The topological polar surface area (TPSA) is 63.8 Å². The number of aromatic nitrogens is 2. The molecule has 0 saturated heterocycles. The Morgan fingerprint density at radius 3 is 2.47 bits per heavy atom. The normalized spacial score (nSPS) is 10.6. The van der Waals surface area contributed by atoms with Crippen LogP contribution in [-0.2, 0) is 0 Å². The zero-order chi connectivity index (χ0) is 13.2. The van der Waals surface area contributed by atoms with Gasteiger partial charge in [0, 0.05) is 16.8 Å². The number of anilines is 3. The second kappa shape index (κ2) is 4.57. The quantitative estimate of drug-likeness (QED) is 0.685. The summed E-state index contributed by atoms with van der Waals surface area (Å²) in [6.07, 6.45) is 0. The van der Waals surface area contributed by atoms with Gasteiger partial charge in [0.1, 0.15) is 0 Å². The molecular formula is C15H14N4. The Bertz CT molecular complexity index is 720. The molecule has 0 amide bonds. The Hall–Kier alpha value is -2.62. The third-order valence-electron chi connectivity index (χ3n) is 2.96.